The van der Waals surface area contributed by atoms with E-state index in [-0.39, 0.29) is 17.9 Å². The van der Waals surface area contributed by atoms with E-state index in [2.05, 4.69) is 10.3 Å². The van der Waals surface area contributed by atoms with Gasteiger partial charge in [0, 0.05) is 17.9 Å². The van der Waals surface area contributed by atoms with E-state index >= 15 is 0 Å². The van der Waals surface area contributed by atoms with Crippen molar-refractivity contribution in [3.8, 4) is 6.07 Å². The SMILES string of the molecule is CC(C)(C)C(CC(=O)O)Nc1ccnc(C#N)c1. The van der Waals surface area contributed by atoms with Gasteiger partial charge in [-0.05, 0) is 17.5 Å². The number of nitrogens with zero attached hydrogens (tertiary/aromatic N) is 2. The van der Waals surface area contributed by atoms with E-state index < -0.39 is 5.97 Å². The summed E-state index contributed by atoms with van der Waals surface area (Å²) in [7, 11) is 0. The van der Waals surface area contributed by atoms with Gasteiger partial charge in [0.25, 0.3) is 0 Å². The fraction of sp³-hybridized carbons (Fsp3) is 0.462. The van der Waals surface area contributed by atoms with E-state index in [1.807, 2.05) is 26.8 Å². The normalized spacial score (nSPS) is 12.6. The van der Waals surface area contributed by atoms with E-state index in [0.29, 0.717) is 11.4 Å². The van der Waals surface area contributed by atoms with Gasteiger partial charge in [0.1, 0.15) is 11.8 Å². The van der Waals surface area contributed by atoms with Gasteiger partial charge in [-0.2, -0.15) is 5.26 Å². The zero-order valence-corrected chi connectivity index (χ0v) is 10.8. The molecule has 2 N–H and O–H groups in total. The molecule has 0 saturated carbocycles. The smallest absolute Gasteiger partial charge is 0.305 e. The van der Waals surface area contributed by atoms with Crippen molar-refractivity contribution in [2.75, 3.05) is 5.32 Å². The predicted molar refractivity (Wildman–Crippen MR) is 68.1 cm³/mol. The summed E-state index contributed by atoms with van der Waals surface area (Å²) in [6.07, 6.45) is 1.55. The van der Waals surface area contributed by atoms with Crippen LogP contribution in [-0.4, -0.2) is 22.1 Å². The Balaban J connectivity index is 2.89. The molecule has 0 aliphatic carbocycles. The summed E-state index contributed by atoms with van der Waals surface area (Å²) in [5, 5.41) is 20.8. The minimum atomic E-state index is -0.850. The van der Waals surface area contributed by atoms with Gasteiger partial charge in [-0.1, -0.05) is 20.8 Å². The minimum Gasteiger partial charge on any atom is -0.481 e. The fourth-order valence-corrected chi connectivity index (χ4v) is 1.53. The number of aromatic nitrogens is 1. The second-order valence-corrected chi connectivity index (χ2v) is 5.20. The monoisotopic (exact) mass is 247 g/mol. The number of hydrogen-bond acceptors (Lipinski definition) is 4. The lowest BCUT2D eigenvalue weighted by molar-refractivity contribution is -0.137. The van der Waals surface area contributed by atoms with Gasteiger partial charge in [-0.15, -0.1) is 0 Å². The number of rotatable bonds is 4. The molecule has 1 heterocycles. The Morgan fingerprint density at radius 1 is 1.61 bits per heavy atom. The number of nitrogens with one attached hydrogen (secondary N) is 1. The highest BCUT2D eigenvalue weighted by atomic mass is 16.4. The lowest BCUT2D eigenvalue weighted by Crippen LogP contribution is -2.36. The van der Waals surface area contributed by atoms with Crippen molar-refractivity contribution in [3.63, 3.8) is 0 Å². The molecule has 0 aliphatic heterocycles. The molecule has 5 heteroatoms. The van der Waals surface area contributed by atoms with Gasteiger partial charge in [-0.25, -0.2) is 4.98 Å². The third-order valence-corrected chi connectivity index (χ3v) is 2.64. The van der Waals surface area contributed by atoms with Gasteiger partial charge < -0.3 is 10.4 Å². The summed E-state index contributed by atoms with van der Waals surface area (Å²) in [6, 6.07) is 5.07. The number of nitriles is 1. The van der Waals surface area contributed by atoms with Crippen LogP contribution >= 0.6 is 0 Å². The van der Waals surface area contributed by atoms with E-state index in [0.717, 1.165) is 0 Å². The zero-order chi connectivity index (χ0) is 13.8. The molecule has 1 aromatic heterocycles. The number of carboxylic acid groups (broad SMARTS) is 1. The van der Waals surface area contributed by atoms with Crippen molar-refractivity contribution >= 4 is 11.7 Å². The molecule has 0 aromatic carbocycles. The van der Waals surface area contributed by atoms with Crippen LogP contribution in [0.3, 0.4) is 0 Å². The topological polar surface area (TPSA) is 86.0 Å². The molecule has 0 amide bonds. The van der Waals surface area contributed by atoms with Crippen LogP contribution in [0.2, 0.25) is 0 Å². The summed E-state index contributed by atoms with van der Waals surface area (Å²) in [4.78, 5) is 14.7. The summed E-state index contributed by atoms with van der Waals surface area (Å²) >= 11 is 0. The Morgan fingerprint density at radius 2 is 2.28 bits per heavy atom. The van der Waals surface area contributed by atoms with Crippen molar-refractivity contribution in [2.24, 2.45) is 5.41 Å². The van der Waals surface area contributed by atoms with Crippen LogP contribution in [0.25, 0.3) is 0 Å². The first-order valence-corrected chi connectivity index (χ1v) is 5.67. The zero-order valence-electron chi connectivity index (χ0n) is 10.8. The van der Waals surface area contributed by atoms with E-state index in [1.54, 1.807) is 12.1 Å². The average molecular weight is 247 g/mol. The maximum absolute atomic E-state index is 10.9. The van der Waals surface area contributed by atoms with Crippen LogP contribution < -0.4 is 5.32 Å². The lowest BCUT2D eigenvalue weighted by atomic mass is 9.84. The van der Waals surface area contributed by atoms with Crippen molar-refractivity contribution < 1.29 is 9.90 Å². The Bertz CT molecular complexity index is 472. The number of carboxylic acids is 1. The first-order chi connectivity index (χ1) is 8.32. The van der Waals surface area contributed by atoms with Crippen molar-refractivity contribution in [2.45, 2.75) is 33.2 Å². The van der Waals surface area contributed by atoms with E-state index in [4.69, 9.17) is 10.4 Å². The van der Waals surface area contributed by atoms with Crippen molar-refractivity contribution in [1.29, 1.82) is 5.26 Å². The summed E-state index contributed by atoms with van der Waals surface area (Å²) in [6.45, 7) is 5.92. The Kier molecular flexibility index (Phi) is 4.27. The van der Waals surface area contributed by atoms with E-state index in [1.165, 1.54) is 6.20 Å². The quantitative estimate of drug-likeness (QED) is 0.852. The maximum Gasteiger partial charge on any atom is 0.305 e. The molecule has 1 unspecified atom stereocenters. The second-order valence-electron chi connectivity index (χ2n) is 5.20. The van der Waals surface area contributed by atoms with Crippen molar-refractivity contribution in [3.05, 3.63) is 24.0 Å². The van der Waals surface area contributed by atoms with Crippen LogP contribution in [0.1, 0.15) is 32.9 Å². The number of hydrogen-bond donors (Lipinski definition) is 2. The Labute approximate surface area is 106 Å². The fourth-order valence-electron chi connectivity index (χ4n) is 1.53. The van der Waals surface area contributed by atoms with Gasteiger partial charge in [-0.3, -0.25) is 4.79 Å². The molecular weight excluding hydrogens is 230 g/mol. The Morgan fingerprint density at radius 3 is 2.78 bits per heavy atom. The molecule has 96 valence electrons. The molecule has 5 nitrogen and oxygen atoms in total. The molecule has 0 bridgehead atoms. The molecule has 1 atom stereocenters. The lowest BCUT2D eigenvalue weighted by Gasteiger charge is -2.31. The van der Waals surface area contributed by atoms with Crippen LogP contribution in [0, 0.1) is 16.7 Å². The maximum atomic E-state index is 10.9. The van der Waals surface area contributed by atoms with Gasteiger partial charge in [0.2, 0.25) is 0 Å². The molecule has 0 fully saturated rings. The summed E-state index contributed by atoms with van der Waals surface area (Å²) in [5.41, 5.74) is 0.819. The van der Waals surface area contributed by atoms with Gasteiger partial charge in [0.15, 0.2) is 0 Å². The van der Waals surface area contributed by atoms with Crippen molar-refractivity contribution in [1.82, 2.24) is 4.98 Å². The van der Waals surface area contributed by atoms with Crippen LogP contribution in [0.4, 0.5) is 5.69 Å². The summed E-state index contributed by atoms with van der Waals surface area (Å²) in [5.74, 6) is -0.850. The first-order valence-electron chi connectivity index (χ1n) is 5.67. The van der Waals surface area contributed by atoms with Crippen LogP contribution in [0.15, 0.2) is 18.3 Å². The van der Waals surface area contributed by atoms with Gasteiger partial charge >= 0.3 is 5.97 Å². The molecule has 18 heavy (non-hydrogen) atoms. The third kappa shape index (κ3) is 4.06. The molecular formula is C13H17N3O2. The number of aliphatic carboxylic acids is 1. The summed E-state index contributed by atoms with van der Waals surface area (Å²) < 4.78 is 0. The van der Waals surface area contributed by atoms with Crippen LogP contribution in [-0.2, 0) is 4.79 Å². The largest absolute Gasteiger partial charge is 0.481 e. The second kappa shape index (κ2) is 5.50. The van der Waals surface area contributed by atoms with Crippen LogP contribution in [0.5, 0.6) is 0 Å². The molecule has 0 radical (unpaired) electrons. The molecule has 1 aromatic rings. The van der Waals surface area contributed by atoms with E-state index in [9.17, 15) is 4.79 Å². The molecule has 1 rings (SSSR count). The number of pyridine rings is 1. The number of carbonyl (C=O) groups is 1. The highest BCUT2D eigenvalue weighted by Crippen LogP contribution is 2.25. The predicted octanol–water partition coefficient (Wildman–Crippen LogP) is 2.25. The molecule has 0 aliphatic rings. The molecule has 0 spiro atoms. The molecule has 0 saturated heterocycles. The minimum absolute atomic E-state index is 0.0215. The highest BCUT2D eigenvalue weighted by molar-refractivity contribution is 5.68. The Hall–Kier alpha value is -2.09. The standard InChI is InChI=1S/C13H17N3O2/c1-13(2,3)11(7-12(17)18)16-9-4-5-15-10(6-9)8-14/h4-6,11H,7H2,1-3H3,(H,15,16)(H,17,18). The first kappa shape index (κ1) is 14.0. The third-order valence-electron chi connectivity index (χ3n) is 2.64. The average Bonchev–Trinajstić information content (AvgIpc) is 2.26. The highest BCUT2D eigenvalue weighted by Gasteiger charge is 2.26. The number of anilines is 1. The van der Waals surface area contributed by atoms with Gasteiger partial charge in [0.05, 0.1) is 6.42 Å².